The summed E-state index contributed by atoms with van der Waals surface area (Å²) in [5, 5.41) is 2.81. The van der Waals surface area contributed by atoms with E-state index < -0.39 is 0 Å². The second-order valence-electron chi connectivity index (χ2n) is 3.32. The van der Waals surface area contributed by atoms with Gasteiger partial charge in [0.15, 0.2) is 0 Å². The number of benzene rings is 1. The summed E-state index contributed by atoms with van der Waals surface area (Å²) in [6, 6.07) is 9.24. The van der Waals surface area contributed by atoms with Gasteiger partial charge in [-0.2, -0.15) is 0 Å². The van der Waals surface area contributed by atoms with Crippen molar-refractivity contribution in [2.45, 2.75) is 0 Å². The second-order valence-corrected chi connectivity index (χ2v) is 3.32. The van der Waals surface area contributed by atoms with Crippen molar-refractivity contribution in [1.29, 1.82) is 0 Å². The van der Waals surface area contributed by atoms with Gasteiger partial charge in [0.25, 0.3) is 5.56 Å². The van der Waals surface area contributed by atoms with Crippen LogP contribution in [0.2, 0.25) is 0 Å². The van der Waals surface area contributed by atoms with Crippen LogP contribution in [0.3, 0.4) is 0 Å². The molecular formula is C12H11FN2O. The van der Waals surface area contributed by atoms with E-state index in [2.05, 4.69) is 5.32 Å². The van der Waals surface area contributed by atoms with Crippen molar-refractivity contribution in [3.8, 4) is 5.69 Å². The standard InChI is InChI=1S/C12H11FN2O/c1-14-11-3-2-8-15(12(11)16)10-6-4-9(13)5-7-10/h2-8,14H,1H3. The maximum atomic E-state index is 12.7. The van der Waals surface area contributed by atoms with Crippen molar-refractivity contribution in [3.63, 3.8) is 0 Å². The minimum absolute atomic E-state index is 0.156. The molecule has 0 spiro atoms. The Morgan fingerprint density at radius 2 is 1.88 bits per heavy atom. The predicted octanol–water partition coefficient (Wildman–Crippen LogP) is 2.02. The number of hydrogen-bond donors (Lipinski definition) is 1. The lowest BCUT2D eigenvalue weighted by Crippen LogP contribution is -2.20. The van der Waals surface area contributed by atoms with Crippen LogP contribution in [0.5, 0.6) is 0 Å². The molecule has 1 aromatic heterocycles. The third-order valence-corrected chi connectivity index (χ3v) is 2.32. The Bertz CT molecular complexity index is 546. The molecule has 0 unspecified atom stereocenters. The molecule has 1 N–H and O–H groups in total. The predicted molar refractivity (Wildman–Crippen MR) is 61.5 cm³/mol. The molecule has 0 atom stereocenters. The molecule has 0 fully saturated rings. The number of pyridine rings is 1. The first-order chi connectivity index (χ1) is 7.72. The van der Waals surface area contributed by atoms with E-state index in [1.54, 1.807) is 37.5 Å². The normalized spacial score (nSPS) is 10.1. The smallest absolute Gasteiger partial charge is 0.278 e. The summed E-state index contributed by atoms with van der Waals surface area (Å²) in [7, 11) is 1.69. The Hall–Kier alpha value is -2.10. The highest BCUT2D eigenvalue weighted by molar-refractivity contribution is 5.43. The fraction of sp³-hybridized carbons (Fsp3) is 0.0833. The van der Waals surface area contributed by atoms with Gasteiger partial charge in [-0.1, -0.05) is 0 Å². The van der Waals surface area contributed by atoms with Crippen LogP contribution in [0.25, 0.3) is 5.69 Å². The Morgan fingerprint density at radius 1 is 1.19 bits per heavy atom. The van der Waals surface area contributed by atoms with Crippen molar-refractivity contribution in [1.82, 2.24) is 4.57 Å². The second kappa shape index (κ2) is 4.18. The minimum Gasteiger partial charge on any atom is -0.384 e. The summed E-state index contributed by atoms with van der Waals surface area (Å²) in [6.07, 6.45) is 1.65. The topological polar surface area (TPSA) is 34.0 Å². The van der Waals surface area contributed by atoms with Crippen LogP contribution < -0.4 is 10.9 Å². The monoisotopic (exact) mass is 218 g/mol. The molecule has 0 radical (unpaired) electrons. The summed E-state index contributed by atoms with van der Waals surface area (Å²) in [4.78, 5) is 11.9. The van der Waals surface area contributed by atoms with E-state index in [1.165, 1.54) is 16.7 Å². The first kappa shape index (κ1) is 10.4. The first-order valence-corrected chi connectivity index (χ1v) is 4.88. The van der Waals surface area contributed by atoms with Gasteiger partial charge in [-0.25, -0.2) is 4.39 Å². The van der Waals surface area contributed by atoms with Crippen LogP contribution in [-0.2, 0) is 0 Å². The zero-order chi connectivity index (χ0) is 11.5. The van der Waals surface area contributed by atoms with E-state index in [0.717, 1.165) is 0 Å². The van der Waals surface area contributed by atoms with Crippen LogP contribution in [0, 0.1) is 5.82 Å². The largest absolute Gasteiger partial charge is 0.384 e. The number of aromatic nitrogens is 1. The number of halogens is 1. The molecule has 0 saturated heterocycles. The van der Waals surface area contributed by atoms with Gasteiger partial charge in [0, 0.05) is 18.9 Å². The Balaban J connectivity index is 2.56. The van der Waals surface area contributed by atoms with Crippen molar-refractivity contribution >= 4 is 5.69 Å². The molecule has 16 heavy (non-hydrogen) atoms. The Labute approximate surface area is 92.2 Å². The summed E-state index contributed by atoms with van der Waals surface area (Å²) in [6.45, 7) is 0. The molecule has 1 aromatic carbocycles. The molecule has 0 aliphatic rings. The maximum absolute atomic E-state index is 12.7. The average Bonchev–Trinajstić information content (AvgIpc) is 2.31. The van der Waals surface area contributed by atoms with Crippen LogP contribution >= 0.6 is 0 Å². The van der Waals surface area contributed by atoms with E-state index in [0.29, 0.717) is 11.4 Å². The summed E-state index contributed by atoms with van der Waals surface area (Å²) in [5.74, 6) is -0.318. The zero-order valence-corrected chi connectivity index (χ0v) is 8.77. The minimum atomic E-state index is -0.318. The number of nitrogens with one attached hydrogen (secondary N) is 1. The van der Waals surface area contributed by atoms with Gasteiger partial charge in [0.2, 0.25) is 0 Å². The average molecular weight is 218 g/mol. The van der Waals surface area contributed by atoms with Gasteiger partial charge in [-0.05, 0) is 36.4 Å². The van der Waals surface area contributed by atoms with E-state index in [-0.39, 0.29) is 11.4 Å². The molecule has 0 aliphatic carbocycles. The van der Waals surface area contributed by atoms with Crippen LogP contribution in [-0.4, -0.2) is 11.6 Å². The number of rotatable bonds is 2. The molecule has 2 rings (SSSR count). The van der Waals surface area contributed by atoms with Crippen molar-refractivity contribution in [2.24, 2.45) is 0 Å². The third kappa shape index (κ3) is 1.82. The quantitative estimate of drug-likeness (QED) is 0.836. The third-order valence-electron chi connectivity index (χ3n) is 2.32. The van der Waals surface area contributed by atoms with Crippen molar-refractivity contribution < 1.29 is 4.39 Å². The molecule has 0 bridgehead atoms. The molecule has 3 nitrogen and oxygen atoms in total. The van der Waals surface area contributed by atoms with Gasteiger partial charge in [-0.3, -0.25) is 9.36 Å². The number of nitrogens with zero attached hydrogens (tertiary/aromatic N) is 1. The highest BCUT2D eigenvalue weighted by Crippen LogP contribution is 2.08. The number of hydrogen-bond acceptors (Lipinski definition) is 2. The zero-order valence-electron chi connectivity index (χ0n) is 8.77. The van der Waals surface area contributed by atoms with Gasteiger partial charge in [0.1, 0.15) is 11.5 Å². The van der Waals surface area contributed by atoms with E-state index >= 15 is 0 Å². The molecule has 0 saturated carbocycles. The molecule has 82 valence electrons. The Morgan fingerprint density at radius 3 is 2.50 bits per heavy atom. The fourth-order valence-corrected chi connectivity index (χ4v) is 1.49. The molecule has 4 heteroatoms. The lowest BCUT2D eigenvalue weighted by molar-refractivity contribution is 0.627. The van der Waals surface area contributed by atoms with Gasteiger partial charge < -0.3 is 5.32 Å². The van der Waals surface area contributed by atoms with Gasteiger partial charge >= 0.3 is 0 Å². The number of anilines is 1. The first-order valence-electron chi connectivity index (χ1n) is 4.88. The van der Waals surface area contributed by atoms with Crippen molar-refractivity contribution in [2.75, 3.05) is 12.4 Å². The van der Waals surface area contributed by atoms with Crippen LogP contribution in [0.15, 0.2) is 47.4 Å². The van der Waals surface area contributed by atoms with Gasteiger partial charge in [0.05, 0.1) is 0 Å². The SMILES string of the molecule is CNc1cccn(-c2ccc(F)cc2)c1=O. The maximum Gasteiger partial charge on any atom is 0.278 e. The lowest BCUT2D eigenvalue weighted by atomic mass is 10.3. The van der Waals surface area contributed by atoms with Gasteiger partial charge in [-0.15, -0.1) is 0 Å². The van der Waals surface area contributed by atoms with E-state index in [4.69, 9.17) is 0 Å². The molecular weight excluding hydrogens is 207 g/mol. The van der Waals surface area contributed by atoms with E-state index in [1.807, 2.05) is 0 Å². The summed E-state index contributed by atoms with van der Waals surface area (Å²) >= 11 is 0. The Kier molecular flexibility index (Phi) is 2.72. The molecule has 0 aliphatic heterocycles. The van der Waals surface area contributed by atoms with E-state index in [9.17, 15) is 9.18 Å². The molecule has 1 heterocycles. The summed E-state index contributed by atoms with van der Waals surface area (Å²) in [5.41, 5.74) is 0.993. The molecule has 0 amide bonds. The fourth-order valence-electron chi connectivity index (χ4n) is 1.49. The van der Waals surface area contributed by atoms with Crippen LogP contribution in [0.4, 0.5) is 10.1 Å². The van der Waals surface area contributed by atoms with Crippen molar-refractivity contribution in [3.05, 3.63) is 58.8 Å². The summed E-state index contributed by atoms with van der Waals surface area (Å²) < 4.78 is 14.2. The lowest BCUT2D eigenvalue weighted by Gasteiger charge is -2.07. The highest BCUT2D eigenvalue weighted by Gasteiger charge is 2.02. The van der Waals surface area contributed by atoms with Crippen LogP contribution in [0.1, 0.15) is 0 Å². The molecule has 2 aromatic rings. The highest BCUT2D eigenvalue weighted by atomic mass is 19.1.